The van der Waals surface area contributed by atoms with E-state index in [4.69, 9.17) is 9.47 Å². The van der Waals surface area contributed by atoms with E-state index in [9.17, 15) is 9.59 Å². The Morgan fingerprint density at radius 1 is 0.846 bits per heavy atom. The lowest BCUT2D eigenvalue weighted by atomic mass is 9.63. The first-order valence-electron chi connectivity index (χ1n) is 10.9. The van der Waals surface area contributed by atoms with Crippen LogP contribution in [-0.4, -0.2) is 25.2 Å². The summed E-state index contributed by atoms with van der Waals surface area (Å²) in [6, 6.07) is 0. The van der Waals surface area contributed by atoms with E-state index in [1.807, 2.05) is 13.8 Å². The summed E-state index contributed by atoms with van der Waals surface area (Å²) in [6.45, 7) is 8.54. The molecule has 1 aliphatic rings. The first-order valence-corrected chi connectivity index (χ1v) is 10.9. The van der Waals surface area contributed by atoms with Crippen molar-refractivity contribution < 1.29 is 19.1 Å². The van der Waals surface area contributed by atoms with Crippen LogP contribution in [0.25, 0.3) is 0 Å². The van der Waals surface area contributed by atoms with E-state index in [1.165, 1.54) is 12.8 Å². The average Bonchev–Trinajstić information content (AvgIpc) is 2.87. The Kier molecular flexibility index (Phi) is 10.9. The van der Waals surface area contributed by atoms with E-state index in [0.717, 1.165) is 51.4 Å². The second-order valence-electron chi connectivity index (χ2n) is 7.66. The molecule has 1 saturated carbocycles. The van der Waals surface area contributed by atoms with Crippen LogP contribution in [0.4, 0.5) is 0 Å². The Morgan fingerprint density at radius 2 is 1.42 bits per heavy atom. The predicted octanol–water partition coefficient (Wildman–Crippen LogP) is 5.68. The highest BCUT2D eigenvalue weighted by Crippen LogP contribution is 2.48. The molecule has 1 aliphatic carbocycles. The fraction of sp³-hybridized carbons (Fsp3) is 0.909. The van der Waals surface area contributed by atoms with Gasteiger partial charge in [-0.15, -0.1) is 0 Å². The Balaban J connectivity index is 3.33. The number of carbonyl (C=O) groups excluding carboxylic acids is 2. The fourth-order valence-corrected chi connectivity index (χ4v) is 4.60. The van der Waals surface area contributed by atoms with Gasteiger partial charge in [0.15, 0.2) is 5.41 Å². The van der Waals surface area contributed by atoms with Gasteiger partial charge in [0, 0.05) is 0 Å². The van der Waals surface area contributed by atoms with E-state index in [-0.39, 0.29) is 17.9 Å². The van der Waals surface area contributed by atoms with Gasteiger partial charge in [0.05, 0.1) is 13.2 Å². The summed E-state index contributed by atoms with van der Waals surface area (Å²) in [5, 5.41) is 0. The van der Waals surface area contributed by atoms with Crippen LogP contribution >= 0.6 is 0 Å². The van der Waals surface area contributed by atoms with Gasteiger partial charge in [-0.2, -0.15) is 0 Å². The summed E-state index contributed by atoms with van der Waals surface area (Å²) in [6.07, 6.45) is 11.2. The summed E-state index contributed by atoms with van der Waals surface area (Å²) in [4.78, 5) is 26.4. The van der Waals surface area contributed by atoms with Crippen molar-refractivity contribution in [2.24, 2.45) is 17.3 Å². The molecular formula is C22H40O4. The standard InChI is InChI=1S/C22H40O4/c1-5-9-14-18-15-12-11-13-16-19(18)22(17-10-6-2,20(23)25-7-3)21(24)26-8-4/h18-19H,5-17H2,1-4H3. The van der Waals surface area contributed by atoms with Crippen molar-refractivity contribution in [3.05, 3.63) is 0 Å². The largest absolute Gasteiger partial charge is 0.465 e. The monoisotopic (exact) mass is 368 g/mol. The van der Waals surface area contributed by atoms with Crippen molar-refractivity contribution in [1.29, 1.82) is 0 Å². The number of hydrogen-bond donors (Lipinski definition) is 0. The minimum absolute atomic E-state index is 0.0428. The van der Waals surface area contributed by atoms with E-state index in [2.05, 4.69) is 13.8 Å². The van der Waals surface area contributed by atoms with Crippen molar-refractivity contribution in [2.75, 3.05) is 13.2 Å². The van der Waals surface area contributed by atoms with Crippen molar-refractivity contribution in [3.63, 3.8) is 0 Å². The molecule has 0 bridgehead atoms. The molecule has 0 amide bonds. The third kappa shape index (κ3) is 5.72. The Morgan fingerprint density at radius 3 is 1.96 bits per heavy atom. The van der Waals surface area contributed by atoms with Crippen molar-refractivity contribution in [1.82, 2.24) is 0 Å². The smallest absolute Gasteiger partial charge is 0.323 e. The minimum atomic E-state index is -1.12. The molecule has 0 aromatic heterocycles. The maximum absolute atomic E-state index is 13.2. The summed E-state index contributed by atoms with van der Waals surface area (Å²) in [5.74, 6) is -0.245. The molecule has 4 heteroatoms. The number of hydrogen-bond acceptors (Lipinski definition) is 4. The van der Waals surface area contributed by atoms with Crippen LogP contribution < -0.4 is 0 Å². The van der Waals surface area contributed by atoms with Gasteiger partial charge in [0.1, 0.15) is 0 Å². The van der Waals surface area contributed by atoms with Crippen LogP contribution in [0, 0.1) is 17.3 Å². The second kappa shape index (κ2) is 12.3. The lowest BCUT2D eigenvalue weighted by Gasteiger charge is -2.40. The highest BCUT2D eigenvalue weighted by molar-refractivity contribution is 6.00. The van der Waals surface area contributed by atoms with Gasteiger partial charge < -0.3 is 9.47 Å². The van der Waals surface area contributed by atoms with Crippen LogP contribution in [-0.2, 0) is 19.1 Å². The number of unbranched alkanes of at least 4 members (excludes halogenated alkanes) is 2. The zero-order chi connectivity index (χ0) is 19.4. The molecule has 1 fully saturated rings. The fourth-order valence-electron chi connectivity index (χ4n) is 4.60. The van der Waals surface area contributed by atoms with Crippen molar-refractivity contribution in [3.8, 4) is 0 Å². The molecule has 0 heterocycles. The number of rotatable bonds is 11. The highest BCUT2D eigenvalue weighted by Gasteiger charge is 2.56. The molecule has 0 N–H and O–H groups in total. The summed E-state index contributed by atoms with van der Waals surface area (Å²) in [5.41, 5.74) is -1.12. The molecule has 0 aromatic rings. The van der Waals surface area contributed by atoms with Gasteiger partial charge in [-0.3, -0.25) is 9.59 Å². The minimum Gasteiger partial charge on any atom is -0.465 e. The predicted molar refractivity (Wildman–Crippen MR) is 105 cm³/mol. The Hall–Kier alpha value is -1.06. The molecule has 4 nitrogen and oxygen atoms in total. The first kappa shape index (κ1) is 23.0. The Labute approximate surface area is 160 Å². The maximum atomic E-state index is 13.2. The number of carbonyl (C=O) groups is 2. The zero-order valence-electron chi connectivity index (χ0n) is 17.5. The molecular weight excluding hydrogens is 328 g/mol. The van der Waals surface area contributed by atoms with Gasteiger partial charge in [0.25, 0.3) is 0 Å². The lowest BCUT2D eigenvalue weighted by molar-refractivity contribution is -0.180. The van der Waals surface area contributed by atoms with Crippen LogP contribution in [0.2, 0.25) is 0 Å². The third-order valence-electron chi connectivity index (χ3n) is 5.92. The number of esters is 2. The van der Waals surface area contributed by atoms with Crippen LogP contribution in [0.5, 0.6) is 0 Å². The molecule has 152 valence electrons. The van der Waals surface area contributed by atoms with E-state index in [1.54, 1.807) is 0 Å². The molecule has 26 heavy (non-hydrogen) atoms. The topological polar surface area (TPSA) is 52.6 Å². The van der Waals surface area contributed by atoms with Crippen molar-refractivity contribution in [2.45, 2.75) is 98.3 Å². The first-order chi connectivity index (χ1) is 12.6. The summed E-state index contributed by atoms with van der Waals surface area (Å²) < 4.78 is 11.0. The van der Waals surface area contributed by atoms with Crippen molar-refractivity contribution >= 4 is 11.9 Å². The third-order valence-corrected chi connectivity index (χ3v) is 5.92. The maximum Gasteiger partial charge on any atom is 0.323 e. The molecule has 0 saturated heterocycles. The summed E-state index contributed by atoms with van der Waals surface area (Å²) in [7, 11) is 0. The molecule has 2 unspecified atom stereocenters. The van der Waals surface area contributed by atoms with Gasteiger partial charge in [-0.1, -0.05) is 71.6 Å². The van der Waals surface area contributed by atoms with E-state index in [0.29, 0.717) is 25.6 Å². The normalized spacial score (nSPS) is 21.1. The average molecular weight is 369 g/mol. The molecule has 0 aromatic carbocycles. The van der Waals surface area contributed by atoms with Gasteiger partial charge >= 0.3 is 11.9 Å². The molecule has 0 spiro atoms. The zero-order valence-corrected chi connectivity index (χ0v) is 17.5. The molecule has 0 radical (unpaired) electrons. The molecule has 2 atom stereocenters. The SMILES string of the molecule is CCCCC1CCCCCC1C(CCCC)(C(=O)OCC)C(=O)OCC. The van der Waals surface area contributed by atoms with Crippen LogP contribution in [0.3, 0.4) is 0 Å². The lowest BCUT2D eigenvalue weighted by Crippen LogP contribution is -2.50. The van der Waals surface area contributed by atoms with Crippen LogP contribution in [0.1, 0.15) is 98.3 Å². The second-order valence-corrected chi connectivity index (χ2v) is 7.66. The van der Waals surface area contributed by atoms with Gasteiger partial charge in [-0.05, 0) is 38.5 Å². The molecule has 0 aliphatic heterocycles. The quantitative estimate of drug-likeness (QED) is 0.268. The Bertz CT molecular complexity index is 400. The molecule has 1 rings (SSSR count). The number of ether oxygens (including phenoxy) is 2. The van der Waals surface area contributed by atoms with Gasteiger partial charge in [0.2, 0.25) is 0 Å². The van der Waals surface area contributed by atoms with E-state index < -0.39 is 5.41 Å². The van der Waals surface area contributed by atoms with Gasteiger partial charge in [-0.25, -0.2) is 0 Å². The highest BCUT2D eigenvalue weighted by atomic mass is 16.6. The summed E-state index contributed by atoms with van der Waals surface area (Å²) >= 11 is 0. The van der Waals surface area contributed by atoms with Crippen LogP contribution in [0.15, 0.2) is 0 Å². The van der Waals surface area contributed by atoms with E-state index >= 15 is 0 Å².